The molecule has 2 aliphatic carbocycles. The zero-order chi connectivity index (χ0) is 17.8. The van der Waals surface area contributed by atoms with Crippen LogP contribution in [0.4, 0.5) is 0 Å². The zero-order valence-corrected chi connectivity index (χ0v) is 16.0. The summed E-state index contributed by atoms with van der Waals surface area (Å²) in [4.78, 5) is 7.39. The third-order valence-corrected chi connectivity index (χ3v) is 6.27. The molecule has 0 amide bonds. The fraction of sp³-hybridized carbons (Fsp3) is 0.789. The maximum absolute atomic E-state index is 4.83. The normalized spacial score (nSPS) is 26.9. The van der Waals surface area contributed by atoms with Crippen molar-refractivity contribution in [3.05, 3.63) is 23.3 Å². The lowest BCUT2D eigenvalue weighted by Gasteiger charge is -2.16. The number of hydrogen-bond donors (Lipinski definition) is 1. The van der Waals surface area contributed by atoms with Gasteiger partial charge in [0.05, 0.1) is 6.54 Å². The molecule has 5 rings (SSSR count). The Kier molecular flexibility index (Phi) is 3.88. The number of rotatable bonds is 6. The van der Waals surface area contributed by atoms with Crippen molar-refractivity contribution >= 4 is 0 Å². The van der Waals surface area contributed by atoms with Crippen LogP contribution in [0.3, 0.4) is 0 Å². The number of hydrogen-bond acceptors (Lipinski definition) is 5. The van der Waals surface area contributed by atoms with Crippen LogP contribution in [0.15, 0.2) is 0 Å². The van der Waals surface area contributed by atoms with Crippen LogP contribution in [0.25, 0.3) is 0 Å². The van der Waals surface area contributed by atoms with Gasteiger partial charge in [0, 0.05) is 31.0 Å². The molecule has 0 radical (unpaired) electrons. The Hall–Kier alpha value is -1.76. The largest absolute Gasteiger partial charge is 0.311 e. The molecular weight excluding hydrogens is 326 g/mol. The predicted molar refractivity (Wildman–Crippen MR) is 97.7 cm³/mol. The van der Waals surface area contributed by atoms with Gasteiger partial charge in [0.1, 0.15) is 17.5 Å². The van der Waals surface area contributed by atoms with Crippen LogP contribution >= 0.6 is 0 Å². The van der Waals surface area contributed by atoms with E-state index in [-0.39, 0.29) is 0 Å². The van der Waals surface area contributed by atoms with E-state index < -0.39 is 0 Å². The van der Waals surface area contributed by atoms with E-state index in [0.29, 0.717) is 23.8 Å². The summed E-state index contributed by atoms with van der Waals surface area (Å²) < 4.78 is 2.37. The summed E-state index contributed by atoms with van der Waals surface area (Å²) in [5.74, 6) is 6.64. The second-order valence-electron chi connectivity index (χ2n) is 8.80. The molecule has 2 saturated carbocycles. The number of nitrogens with one attached hydrogen (secondary N) is 1. The van der Waals surface area contributed by atoms with Crippen molar-refractivity contribution in [3.8, 4) is 0 Å². The zero-order valence-electron chi connectivity index (χ0n) is 16.0. The molecule has 1 N–H and O–H groups in total. The van der Waals surface area contributed by atoms with Crippen molar-refractivity contribution in [1.82, 2.24) is 34.8 Å². The topological polar surface area (TPSA) is 75.5 Å². The molecule has 0 aromatic carbocycles. The van der Waals surface area contributed by atoms with Gasteiger partial charge in [0.15, 0.2) is 5.82 Å². The van der Waals surface area contributed by atoms with Gasteiger partial charge in [0.2, 0.25) is 0 Å². The standard InChI is InChI=1S/C19H29N7/c1-11(2)18-20-19(24-23-18)16-9-25(8-15(16)13-4-5-13)10-17-22-21-12(3)26(17)14-6-7-14/h11,13-16H,4-10H2,1-3H3,(H,20,23,24)/t15-,16+/m1/s1. The van der Waals surface area contributed by atoms with Crippen molar-refractivity contribution in [3.63, 3.8) is 0 Å². The quantitative estimate of drug-likeness (QED) is 0.862. The van der Waals surface area contributed by atoms with Gasteiger partial charge in [-0.2, -0.15) is 5.10 Å². The van der Waals surface area contributed by atoms with E-state index in [1.807, 2.05) is 0 Å². The Bertz CT molecular complexity index is 784. The van der Waals surface area contributed by atoms with Crippen LogP contribution < -0.4 is 0 Å². The molecule has 140 valence electrons. The van der Waals surface area contributed by atoms with Crippen molar-refractivity contribution in [2.24, 2.45) is 11.8 Å². The van der Waals surface area contributed by atoms with E-state index in [1.54, 1.807) is 0 Å². The van der Waals surface area contributed by atoms with Gasteiger partial charge in [-0.25, -0.2) is 4.98 Å². The van der Waals surface area contributed by atoms with Crippen LogP contribution in [-0.4, -0.2) is 47.9 Å². The molecule has 2 atom stereocenters. The molecular formula is C19H29N7. The van der Waals surface area contributed by atoms with Gasteiger partial charge >= 0.3 is 0 Å². The Morgan fingerprint density at radius 1 is 1.12 bits per heavy atom. The molecule has 0 unspecified atom stereocenters. The molecule has 3 heterocycles. The smallest absolute Gasteiger partial charge is 0.153 e. The lowest BCUT2D eigenvalue weighted by molar-refractivity contribution is 0.296. The van der Waals surface area contributed by atoms with E-state index >= 15 is 0 Å². The second kappa shape index (κ2) is 6.15. The van der Waals surface area contributed by atoms with E-state index in [4.69, 9.17) is 4.98 Å². The highest BCUT2D eigenvalue weighted by Crippen LogP contribution is 2.47. The van der Waals surface area contributed by atoms with Gasteiger partial charge in [-0.05, 0) is 44.4 Å². The summed E-state index contributed by atoms with van der Waals surface area (Å²) in [5.41, 5.74) is 0. The summed E-state index contributed by atoms with van der Waals surface area (Å²) in [7, 11) is 0. The number of aromatic nitrogens is 6. The van der Waals surface area contributed by atoms with Gasteiger partial charge in [0.25, 0.3) is 0 Å². The minimum Gasteiger partial charge on any atom is -0.311 e. The number of aryl methyl sites for hydroxylation is 1. The van der Waals surface area contributed by atoms with Crippen LogP contribution in [0, 0.1) is 18.8 Å². The number of aromatic amines is 1. The summed E-state index contributed by atoms with van der Waals surface area (Å²) in [6, 6.07) is 0.639. The van der Waals surface area contributed by atoms with Crippen LogP contribution in [-0.2, 0) is 6.54 Å². The maximum atomic E-state index is 4.83. The third-order valence-electron chi connectivity index (χ3n) is 6.27. The molecule has 3 fully saturated rings. The van der Waals surface area contributed by atoms with Gasteiger partial charge in [-0.1, -0.05) is 13.8 Å². The van der Waals surface area contributed by atoms with Crippen molar-refractivity contribution < 1.29 is 0 Å². The average Bonchev–Trinajstić information content (AvgIpc) is 3.51. The van der Waals surface area contributed by atoms with E-state index in [2.05, 4.69) is 50.6 Å². The number of likely N-dealkylation sites (tertiary alicyclic amines) is 1. The molecule has 3 aliphatic rings. The fourth-order valence-electron chi connectivity index (χ4n) is 4.57. The molecule has 2 aromatic heterocycles. The molecule has 7 nitrogen and oxygen atoms in total. The van der Waals surface area contributed by atoms with E-state index in [1.165, 1.54) is 25.7 Å². The van der Waals surface area contributed by atoms with Crippen LogP contribution in [0.2, 0.25) is 0 Å². The summed E-state index contributed by atoms with van der Waals surface area (Å²) in [6.07, 6.45) is 5.29. The van der Waals surface area contributed by atoms with Crippen LogP contribution in [0.1, 0.15) is 80.7 Å². The van der Waals surface area contributed by atoms with Crippen molar-refractivity contribution in [2.75, 3.05) is 13.1 Å². The summed E-state index contributed by atoms with van der Waals surface area (Å²) in [6.45, 7) is 9.48. The highest BCUT2D eigenvalue weighted by molar-refractivity contribution is 5.11. The first-order valence-corrected chi connectivity index (χ1v) is 10.1. The maximum Gasteiger partial charge on any atom is 0.153 e. The first kappa shape index (κ1) is 16.4. The summed E-state index contributed by atoms with van der Waals surface area (Å²) >= 11 is 0. The molecule has 0 spiro atoms. The van der Waals surface area contributed by atoms with Crippen LogP contribution in [0.5, 0.6) is 0 Å². The molecule has 1 aliphatic heterocycles. The highest BCUT2D eigenvalue weighted by atomic mass is 15.3. The lowest BCUT2D eigenvalue weighted by Crippen LogP contribution is -2.23. The molecule has 7 heteroatoms. The first-order valence-electron chi connectivity index (χ1n) is 10.1. The van der Waals surface area contributed by atoms with Crippen molar-refractivity contribution in [2.45, 2.75) is 70.9 Å². The fourth-order valence-corrected chi connectivity index (χ4v) is 4.57. The van der Waals surface area contributed by atoms with Gasteiger partial charge in [-0.15, -0.1) is 10.2 Å². The summed E-state index contributed by atoms with van der Waals surface area (Å²) in [5, 5.41) is 16.5. The lowest BCUT2D eigenvalue weighted by atomic mass is 9.91. The van der Waals surface area contributed by atoms with Gasteiger partial charge < -0.3 is 4.57 Å². The third kappa shape index (κ3) is 2.96. The molecule has 26 heavy (non-hydrogen) atoms. The second-order valence-corrected chi connectivity index (χ2v) is 8.80. The average molecular weight is 355 g/mol. The number of H-pyrrole nitrogens is 1. The molecule has 0 bridgehead atoms. The number of nitrogens with zero attached hydrogens (tertiary/aromatic N) is 6. The van der Waals surface area contributed by atoms with Gasteiger partial charge in [-0.3, -0.25) is 10.00 Å². The monoisotopic (exact) mass is 355 g/mol. The Morgan fingerprint density at radius 2 is 1.92 bits per heavy atom. The predicted octanol–water partition coefficient (Wildman–Crippen LogP) is 2.79. The van der Waals surface area contributed by atoms with E-state index in [0.717, 1.165) is 48.8 Å². The molecule has 1 saturated heterocycles. The minimum atomic E-state index is 0.372. The first-order chi connectivity index (χ1) is 12.6. The Labute approximate surface area is 154 Å². The van der Waals surface area contributed by atoms with E-state index in [9.17, 15) is 0 Å². The van der Waals surface area contributed by atoms with Crippen molar-refractivity contribution in [1.29, 1.82) is 0 Å². The highest BCUT2D eigenvalue weighted by Gasteiger charge is 2.44. The Balaban J connectivity index is 1.35. The SMILES string of the molecule is Cc1nnc(CN2C[C@H](c3nc(C(C)C)n[nH]3)[C@@H](C3CC3)C2)n1C1CC1. The minimum absolute atomic E-state index is 0.372. The molecule has 2 aromatic rings. The Morgan fingerprint density at radius 3 is 2.58 bits per heavy atom.